The largest absolute Gasteiger partial charge is 0.508 e. The van der Waals surface area contributed by atoms with E-state index in [1.54, 1.807) is 18.2 Å². The number of phenolic OH excluding ortho intramolecular Hbond substituents is 1. The Morgan fingerprint density at radius 1 is 1.12 bits per heavy atom. The van der Waals surface area contributed by atoms with Crippen molar-refractivity contribution < 1.29 is 18.7 Å². The molecule has 1 heterocycles. The van der Waals surface area contributed by atoms with E-state index >= 15 is 0 Å². The maximum Gasteiger partial charge on any atom is 0.251 e. The highest BCUT2D eigenvalue weighted by molar-refractivity contribution is 5.94. The van der Waals surface area contributed by atoms with Crippen LogP contribution in [0, 0.1) is 11.6 Å². The van der Waals surface area contributed by atoms with Gasteiger partial charge in [0.1, 0.15) is 17.1 Å². The molecule has 0 aliphatic carbocycles. The van der Waals surface area contributed by atoms with Crippen LogP contribution in [0.1, 0.15) is 16.8 Å². The van der Waals surface area contributed by atoms with E-state index in [0.29, 0.717) is 36.1 Å². The summed E-state index contributed by atoms with van der Waals surface area (Å²) < 4.78 is 27.2. The maximum atomic E-state index is 13.8. The molecule has 0 atom stereocenters. The zero-order valence-corrected chi connectivity index (χ0v) is 13.8. The fourth-order valence-electron chi connectivity index (χ4n) is 2.60. The van der Waals surface area contributed by atoms with Crippen molar-refractivity contribution in [2.75, 3.05) is 18.4 Å². The predicted molar refractivity (Wildman–Crippen MR) is 95.2 cm³/mol. The molecule has 7 heteroatoms. The number of carbonyl (C=O) groups excluding carboxylic acids is 1. The first kappa shape index (κ1) is 17.6. The number of aromatic nitrogens is 1. The van der Waals surface area contributed by atoms with Gasteiger partial charge < -0.3 is 15.7 Å². The molecule has 2 aromatic carbocycles. The summed E-state index contributed by atoms with van der Waals surface area (Å²) in [6.45, 7) is 0.908. The van der Waals surface area contributed by atoms with Gasteiger partial charge >= 0.3 is 0 Å². The Labute approximate surface area is 148 Å². The number of fused-ring (bicyclic) bond motifs is 1. The smallest absolute Gasteiger partial charge is 0.251 e. The molecule has 1 amide bonds. The minimum Gasteiger partial charge on any atom is -0.508 e. The summed E-state index contributed by atoms with van der Waals surface area (Å²) in [5.74, 6) is -1.62. The average molecular weight is 357 g/mol. The highest BCUT2D eigenvalue weighted by Crippen LogP contribution is 2.24. The van der Waals surface area contributed by atoms with Crippen LogP contribution in [-0.2, 0) is 0 Å². The number of phenols is 1. The van der Waals surface area contributed by atoms with Crippen LogP contribution >= 0.6 is 0 Å². The summed E-state index contributed by atoms with van der Waals surface area (Å²) in [6, 6.07) is 9.77. The number of pyridine rings is 1. The van der Waals surface area contributed by atoms with Crippen molar-refractivity contribution in [1.82, 2.24) is 10.3 Å². The molecule has 0 fully saturated rings. The van der Waals surface area contributed by atoms with Gasteiger partial charge in [-0.15, -0.1) is 0 Å². The van der Waals surface area contributed by atoms with Gasteiger partial charge in [-0.05, 0) is 36.8 Å². The second-order valence-corrected chi connectivity index (χ2v) is 5.73. The summed E-state index contributed by atoms with van der Waals surface area (Å²) in [5.41, 5.74) is 1.06. The number of nitrogens with zero attached hydrogens (tertiary/aromatic N) is 1. The van der Waals surface area contributed by atoms with E-state index in [9.17, 15) is 18.7 Å². The van der Waals surface area contributed by atoms with E-state index in [1.165, 1.54) is 24.4 Å². The van der Waals surface area contributed by atoms with Crippen molar-refractivity contribution in [1.29, 1.82) is 0 Å². The highest BCUT2D eigenvalue weighted by Gasteiger charge is 2.09. The molecule has 3 N–H and O–H groups in total. The van der Waals surface area contributed by atoms with Gasteiger partial charge in [-0.3, -0.25) is 9.78 Å². The van der Waals surface area contributed by atoms with Gasteiger partial charge in [0, 0.05) is 42.0 Å². The number of hydrogen-bond donors (Lipinski definition) is 3. The van der Waals surface area contributed by atoms with Crippen LogP contribution in [0.3, 0.4) is 0 Å². The Morgan fingerprint density at radius 3 is 2.77 bits per heavy atom. The molecule has 0 radical (unpaired) electrons. The molecule has 0 saturated heterocycles. The van der Waals surface area contributed by atoms with Gasteiger partial charge in [0.15, 0.2) is 5.82 Å². The van der Waals surface area contributed by atoms with Gasteiger partial charge in [0.2, 0.25) is 0 Å². The van der Waals surface area contributed by atoms with Crippen LogP contribution < -0.4 is 10.6 Å². The van der Waals surface area contributed by atoms with Crippen LogP contribution in [-0.4, -0.2) is 29.1 Å². The second-order valence-electron chi connectivity index (χ2n) is 5.73. The molecule has 0 aliphatic rings. The number of rotatable bonds is 6. The Morgan fingerprint density at radius 2 is 1.96 bits per heavy atom. The van der Waals surface area contributed by atoms with Crippen molar-refractivity contribution in [3.05, 3.63) is 65.9 Å². The number of halogens is 2. The monoisotopic (exact) mass is 357 g/mol. The number of amides is 1. The van der Waals surface area contributed by atoms with Crippen LogP contribution in [0.4, 0.5) is 14.5 Å². The van der Waals surface area contributed by atoms with Crippen LogP contribution in [0.25, 0.3) is 10.9 Å². The lowest BCUT2D eigenvalue weighted by atomic mass is 10.1. The lowest BCUT2D eigenvalue weighted by Crippen LogP contribution is -2.25. The number of anilines is 1. The lowest BCUT2D eigenvalue weighted by molar-refractivity contribution is 0.0953. The zero-order valence-electron chi connectivity index (χ0n) is 13.8. The van der Waals surface area contributed by atoms with Gasteiger partial charge in [-0.1, -0.05) is 6.07 Å². The Bertz CT molecular complexity index is 947. The predicted octanol–water partition coefficient (Wildman–Crippen LogP) is 3.45. The van der Waals surface area contributed by atoms with Crippen molar-refractivity contribution in [2.45, 2.75) is 6.42 Å². The van der Waals surface area contributed by atoms with Gasteiger partial charge in [-0.25, -0.2) is 8.78 Å². The van der Waals surface area contributed by atoms with Gasteiger partial charge in [0.05, 0.1) is 0 Å². The molecule has 0 saturated carbocycles. The molecular formula is C19H17F2N3O2. The van der Waals surface area contributed by atoms with Crippen molar-refractivity contribution in [3.63, 3.8) is 0 Å². The molecule has 134 valence electrons. The summed E-state index contributed by atoms with van der Waals surface area (Å²) in [5, 5.41) is 15.6. The first-order valence-corrected chi connectivity index (χ1v) is 8.09. The topological polar surface area (TPSA) is 74.2 Å². The Balaban J connectivity index is 1.54. The first-order chi connectivity index (χ1) is 12.5. The molecule has 0 spiro atoms. The molecule has 3 rings (SSSR count). The molecule has 5 nitrogen and oxygen atoms in total. The quantitative estimate of drug-likeness (QED) is 0.591. The van der Waals surface area contributed by atoms with Crippen LogP contribution in [0.5, 0.6) is 5.75 Å². The summed E-state index contributed by atoms with van der Waals surface area (Å²) in [7, 11) is 0. The Kier molecular flexibility index (Phi) is 5.26. The maximum absolute atomic E-state index is 13.8. The van der Waals surface area contributed by atoms with Crippen molar-refractivity contribution in [2.24, 2.45) is 0 Å². The standard InChI is InChI=1S/C19H17F2N3O2/c20-13-10-15-17(5-8-23-18(15)16(21)11-13)22-6-2-7-24-19(26)12-3-1-4-14(25)9-12/h1,3-5,8-11,25H,2,6-7H2,(H,22,23)(H,24,26). The van der Waals surface area contributed by atoms with Gasteiger partial charge in [-0.2, -0.15) is 0 Å². The van der Waals surface area contributed by atoms with E-state index in [0.717, 1.165) is 6.07 Å². The Hall–Kier alpha value is -3.22. The van der Waals surface area contributed by atoms with Gasteiger partial charge in [0.25, 0.3) is 5.91 Å². The van der Waals surface area contributed by atoms with E-state index in [-0.39, 0.29) is 17.2 Å². The summed E-state index contributed by atoms with van der Waals surface area (Å²) in [4.78, 5) is 15.9. The highest BCUT2D eigenvalue weighted by atomic mass is 19.1. The molecule has 26 heavy (non-hydrogen) atoms. The fourth-order valence-corrected chi connectivity index (χ4v) is 2.60. The third-order valence-electron chi connectivity index (χ3n) is 3.83. The third-order valence-corrected chi connectivity index (χ3v) is 3.83. The summed E-state index contributed by atoms with van der Waals surface area (Å²) >= 11 is 0. The van der Waals surface area contributed by atoms with E-state index in [4.69, 9.17) is 0 Å². The van der Waals surface area contributed by atoms with E-state index < -0.39 is 11.6 Å². The number of nitrogens with one attached hydrogen (secondary N) is 2. The average Bonchev–Trinajstić information content (AvgIpc) is 2.61. The van der Waals surface area contributed by atoms with E-state index in [2.05, 4.69) is 15.6 Å². The molecule has 0 unspecified atom stereocenters. The molecular weight excluding hydrogens is 340 g/mol. The minimum atomic E-state index is -0.706. The fraction of sp³-hybridized carbons (Fsp3) is 0.158. The normalized spacial score (nSPS) is 10.7. The molecule has 3 aromatic rings. The van der Waals surface area contributed by atoms with Crippen LogP contribution in [0.15, 0.2) is 48.7 Å². The molecule has 1 aromatic heterocycles. The SMILES string of the molecule is O=C(NCCCNc1ccnc2c(F)cc(F)cc12)c1cccc(O)c1. The second kappa shape index (κ2) is 7.77. The van der Waals surface area contributed by atoms with Crippen molar-refractivity contribution >= 4 is 22.5 Å². The summed E-state index contributed by atoms with van der Waals surface area (Å²) in [6.07, 6.45) is 2.06. The zero-order chi connectivity index (χ0) is 18.5. The number of hydrogen-bond acceptors (Lipinski definition) is 4. The van der Waals surface area contributed by atoms with Crippen LogP contribution in [0.2, 0.25) is 0 Å². The number of carbonyl (C=O) groups is 1. The first-order valence-electron chi connectivity index (χ1n) is 8.09. The molecule has 0 aliphatic heterocycles. The van der Waals surface area contributed by atoms with E-state index in [1.807, 2.05) is 0 Å². The number of aromatic hydroxyl groups is 1. The lowest BCUT2D eigenvalue weighted by Gasteiger charge is -2.10. The third kappa shape index (κ3) is 4.05. The molecule has 0 bridgehead atoms. The van der Waals surface area contributed by atoms with Crippen molar-refractivity contribution in [3.8, 4) is 5.75 Å². The number of benzene rings is 2. The minimum absolute atomic E-state index is 0.0309.